The van der Waals surface area contributed by atoms with Crippen LogP contribution in [0.3, 0.4) is 0 Å². The summed E-state index contributed by atoms with van der Waals surface area (Å²) in [5, 5.41) is 8.61. The molecular formula is C11H12N2O. The molecule has 0 N–H and O–H groups in total. The second-order valence-electron chi connectivity index (χ2n) is 2.76. The van der Waals surface area contributed by atoms with Crippen LogP contribution in [0.2, 0.25) is 0 Å². The van der Waals surface area contributed by atoms with Crippen LogP contribution in [0.1, 0.15) is 18.9 Å². The fraction of sp³-hybridized carbons (Fsp3) is 0.273. The molecule has 0 aliphatic carbocycles. The Morgan fingerprint density at radius 3 is 3.00 bits per heavy atom. The molecule has 1 aromatic heterocycles. The van der Waals surface area contributed by atoms with Crippen LogP contribution in [0, 0.1) is 11.3 Å². The molecule has 1 rings (SSSR count). The molecule has 0 amide bonds. The summed E-state index contributed by atoms with van der Waals surface area (Å²) in [6.45, 7) is 1.91. The van der Waals surface area contributed by atoms with Crippen molar-refractivity contribution in [1.82, 2.24) is 4.98 Å². The predicted molar refractivity (Wildman–Crippen MR) is 54.7 cm³/mol. The van der Waals surface area contributed by atoms with E-state index in [-0.39, 0.29) is 0 Å². The van der Waals surface area contributed by atoms with Gasteiger partial charge in [-0.15, -0.1) is 0 Å². The normalized spacial score (nSPS) is 10.8. The highest BCUT2D eigenvalue weighted by molar-refractivity contribution is 5.67. The van der Waals surface area contributed by atoms with Crippen molar-refractivity contribution in [3.05, 3.63) is 30.1 Å². The minimum atomic E-state index is 0.394. The molecule has 0 radical (unpaired) electrons. The molecule has 0 aliphatic rings. The highest BCUT2D eigenvalue weighted by atomic mass is 16.5. The number of ether oxygens (including phenoxy) is 1. The van der Waals surface area contributed by atoms with Crippen molar-refractivity contribution in [3.8, 4) is 11.8 Å². The van der Waals surface area contributed by atoms with Crippen molar-refractivity contribution in [3.63, 3.8) is 0 Å². The third kappa shape index (κ3) is 2.33. The van der Waals surface area contributed by atoms with Crippen molar-refractivity contribution < 1.29 is 4.74 Å². The molecule has 1 heterocycles. The van der Waals surface area contributed by atoms with E-state index in [0.29, 0.717) is 12.2 Å². The van der Waals surface area contributed by atoms with Crippen LogP contribution >= 0.6 is 0 Å². The van der Waals surface area contributed by atoms with Crippen LogP contribution in [0.15, 0.2) is 24.5 Å². The minimum absolute atomic E-state index is 0.394. The molecule has 0 spiro atoms. The molecule has 72 valence electrons. The molecule has 3 nitrogen and oxygen atoms in total. The smallest absolute Gasteiger partial charge is 0.137 e. The summed E-state index contributed by atoms with van der Waals surface area (Å²) in [5.74, 6) is 0.708. The summed E-state index contributed by atoms with van der Waals surface area (Å²) >= 11 is 0. The molecule has 0 atom stereocenters. The number of aromatic nitrogens is 1. The van der Waals surface area contributed by atoms with Crippen molar-refractivity contribution in [1.29, 1.82) is 5.26 Å². The molecule has 0 unspecified atom stereocenters. The molecule has 0 aliphatic heterocycles. The Bertz CT molecular complexity index is 377. The number of pyridine rings is 1. The maximum Gasteiger partial charge on any atom is 0.137 e. The lowest BCUT2D eigenvalue weighted by Crippen LogP contribution is -1.89. The standard InChI is InChI=1S/C11H12N2O/c1-3-9(4-5-12)10-6-11(14-2)8-13-7-10/h3,6-8H,4H2,1-2H3/b9-3-. The zero-order valence-corrected chi connectivity index (χ0v) is 8.32. The largest absolute Gasteiger partial charge is 0.495 e. The van der Waals surface area contributed by atoms with E-state index in [2.05, 4.69) is 11.1 Å². The summed E-state index contributed by atoms with van der Waals surface area (Å²) in [4.78, 5) is 4.03. The Balaban J connectivity index is 3.00. The van der Waals surface area contributed by atoms with E-state index in [1.807, 2.05) is 19.1 Å². The van der Waals surface area contributed by atoms with Crippen LogP contribution in [0.25, 0.3) is 5.57 Å². The van der Waals surface area contributed by atoms with Gasteiger partial charge in [0.1, 0.15) is 5.75 Å². The second kappa shape index (κ2) is 5.03. The van der Waals surface area contributed by atoms with Crippen LogP contribution in [0.4, 0.5) is 0 Å². The zero-order chi connectivity index (χ0) is 10.4. The Morgan fingerprint density at radius 2 is 2.43 bits per heavy atom. The number of rotatable bonds is 3. The Morgan fingerprint density at radius 1 is 1.64 bits per heavy atom. The van der Waals surface area contributed by atoms with E-state index in [1.54, 1.807) is 19.5 Å². The summed E-state index contributed by atoms with van der Waals surface area (Å²) in [6, 6.07) is 3.99. The average Bonchev–Trinajstić information content (AvgIpc) is 2.26. The second-order valence-corrected chi connectivity index (χ2v) is 2.76. The lowest BCUT2D eigenvalue weighted by molar-refractivity contribution is 0.412. The molecule has 0 saturated carbocycles. The van der Waals surface area contributed by atoms with Gasteiger partial charge < -0.3 is 4.74 Å². The van der Waals surface area contributed by atoms with Crippen molar-refractivity contribution in [2.24, 2.45) is 0 Å². The van der Waals surface area contributed by atoms with Gasteiger partial charge in [0.15, 0.2) is 0 Å². The van der Waals surface area contributed by atoms with Crippen LogP contribution < -0.4 is 4.74 Å². The van der Waals surface area contributed by atoms with Gasteiger partial charge in [-0.2, -0.15) is 5.26 Å². The zero-order valence-electron chi connectivity index (χ0n) is 8.32. The monoisotopic (exact) mass is 188 g/mol. The molecular weight excluding hydrogens is 176 g/mol. The first kappa shape index (κ1) is 10.3. The van der Waals surface area contributed by atoms with E-state index >= 15 is 0 Å². The number of nitrogens with zero attached hydrogens (tertiary/aromatic N) is 2. The lowest BCUT2D eigenvalue weighted by Gasteiger charge is -2.04. The minimum Gasteiger partial charge on any atom is -0.495 e. The Hall–Kier alpha value is -1.82. The van der Waals surface area contributed by atoms with Gasteiger partial charge in [0.2, 0.25) is 0 Å². The van der Waals surface area contributed by atoms with Gasteiger partial charge in [-0.3, -0.25) is 4.98 Å². The van der Waals surface area contributed by atoms with Gasteiger partial charge in [0.05, 0.1) is 25.8 Å². The van der Waals surface area contributed by atoms with Gasteiger partial charge in [-0.25, -0.2) is 0 Å². The highest BCUT2D eigenvalue weighted by Gasteiger charge is 2.01. The van der Waals surface area contributed by atoms with Crippen LogP contribution in [-0.2, 0) is 0 Å². The Labute approximate surface area is 83.7 Å². The fourth-order valence-electron chi connectivity index (χ4n) is 1.16. The number of hydrogen-bond donors (Lipinski definition) is 0. The van der Waals surface area contributed by atoms with Crippen LogP contribution in [0.5, 0.6) is 5.75 Å². The number of allylic oxidation sites excluding steroid dienone is 2. The molecule has 14 heavy (non-hydrogen) atoms. The molecule has 0 bridgehead atoms. The van der Waals surface area contributed by atoms with Crippen molar-refractivity contribution in [2.75, 3.05) is 7.11 Å². The first-order valence-electron chi connectivity index (χ1n) is 4.33. The van der Waals surface area contributed by atoms with Gasteiger partial charge >= 0.3 is 0 Å². The maximum atomic E-state index is 8.61. The highest BCUT2D eigenvalue weighted by Crippen LogP contribution is 2.20. The van der Waals surface area contributed by atoms with E-state index in [4.69, 9.17) is 10.00 Å². The predicted octanol–water partition coefficient (Wildman–Crippen LogP) is 2.41. The van der Waals surface area contributed by atoms with Gasteiger partial charge in [0.25, 0.3) is 0 Å². The average molecular weight is 188 g/mol. The van der Waals surface area contributed by atoms with E-state index in [9.17, 15) is 0 Å². The van der Waals surface area contributed by atoms with Gasteiger partial charge in [0, 0.05) is 11.8 Å². The summed E-state index contributed by atoms with van der Waals surface area (Å²) < 4.78 is 5.06. The number of nitriles is 1. The van der Waals surface area contributed by atoms with E-state index in [0.717, 1.165) is 11.1 Å². The fourth-order valence-corrected chi connectivity index (χ4v) is 1.16. The number of methoxy groups -OCH3 is 1. The van der Waals surface area contributed by atoms with Gasteiger partial charge in [-0.1, -0.05) is 6.08 Å². The SMILES string of the molecule is C/C=C(/CC#N)c1cncc(OC)c1. The number of hydrogen-bond acceptors (Lipinski definition) is 3. The molecule has 1 aromatic rings. The first-order valence-corrected chi connectivity index (χ1v) is 4.33. The third-order valence-corrected chi connectivity index (χ3v) is 1.94. The lowest BCUT2D eigenvalue weighted by atomic mass is 10.1. The quantitative estimate of drug-likeness (QED) is 0.731. The topological polar surface area (TPSA) is 45.9 Å². The third-order valence-electron chi connectivity index (χ3n) is 1.94. The molecule has 0 saturated heterocycles. The van der Waals surface area contributed by atoms with Crippen LogP contribution in [-0.4, -0.2) is 12.1 Å². The molecule has 0 aromatic carbocycles. The van der Waals surface area contributed by atoms with Crippen molar-refractivity contribution >= 4 is 5.57 Å². The first-order chi connectivity index (χ1) is 6.81. The van der Waals surface area contributed by atoms with Gasteiger partial charge in [-0.05, 0) is 18.6 Å². The van der Waals surface area contributed by atoms with E-state index in [1.165, 1.54) is 0 Å². The molecule has 0 fully saturated rings. The summed E-state index contributed by atoms with van der Waals surface area (Å²) in [6.07, 6.45) is 5.68. The summed E-state index contributed by atoms with van der Waals surface area (Å²) in [7, 11) is 1.60. The summed E-state index contributed by atoms with van der Waals surface area (Å²) in [5.41, 5.74) is 1.91. The maximum absolute atomic E-state index is 8.61. The van der Waals surface area contributed by atoms with Crippen molar-refractivity contribution in [2.45, 2.75) is 13.3 Å². The molecule has 3 heteroatoms. The Kier molecular flexibility index (Phi) is 3.69. The van der Waals surface area contributed by atoms with E-state index < -0.39 is 0 Å².